The highest BCUT2D eigenvalue weighted by Crippen LogP contribution is 2.32. The Morgan fingerprint density at radius 2 is 1.55 bits per heavy atom. The van der Waals surface area contributed by atoms with Crippen molar-refractivity contribution < 1.29 is 10.2 Å². The highest BCUT2D eigenvalue weighted by atomic mass is 16.3. The van der Waals surface area contributed by atoms with Gasteiger partial charge in [0, 0.05) is 11.5 Å². The molecule has 2 nitrogen and oxygen atoms in total. The van der Waals surface area contributed by atoms with Gasteiger partial charge in [-0.25, -0.2) is 0 Å². The molecule has 0 fully saturated rings. The Bertz CT molecular complexity index is 640. The number of hydrogen-bond donors (Lipinski definition) is 2. The normalized spacial score (nSPS) is 16.0. The van der Waals surface area contributed by atoms with Crippen molar-refractivity contribution in [2.24, 2.45) is 5.92 Å². The molecular formula is C20H22O2. The van der Waals surface area contributed by atoms with E-state index in [-0.39, 0.29) is 0 Å². The van der Waals surface area contributed by atoms with Gasteiger partial charge in [0.2, 0.25) is 0 Å². The molecule has 0 aromatic heterocycles. The van der Waals surface area contributed by atoms with Crippen LogP contribution in [0.1, 0.15) is 37.5 Å². The Morgan fingerprint density at radius 1 is 1.00 bits per heavy atom. The van der Waals surface area contributed by atoms with Crippen LogP contribution in [0.5, 0.6) is 0 Å². The van der Waals surface area contributed by atoms with Crippen molar-refractivity contribution >= 4 is 0 Å². The summed E-state index contributed by atoms with van der Waals surface area (Å²) in [7, 11) is 0. The van der Waals surface area contributed by atoms with E-state index in [2.05, 4.69) is 11.8 Å². The maximum Gasteiger partial charge on any atom is 0.130 e. The summed E-state index contributed by atoms with van der Waals surface area (Å²) >= 11 is 0. The van der Waals surface area contributed by atoms with E-state index >= 15 is 0 Å². The molecule has 0 unspecified atom stereocenters. The van der Waals surface area contributed by atoms with Crippen LogP contribution in [-0.4, -0.2) is 15.8 Å². The van der Waals surface area contributed by atoms with Gasteiger partial charge < -0.3 is 10.2 Å². The lowest BCUT2D eigenvalue weighted by atomic mass is 9.80. The van der Waals surface area contributed by atoms with E-state index < -0.39 is 17.6 Å². The molecule has 0 saturated carbocycles. The Kier molecular flexibility index (Phi) is 5.38. The van der Waals surface area contributed by atoms with Crippen molar-refractivity contribution in [1.82, 2.24) is 0 Å². The van der Waals surface area contributed by atoms with Crippen LogP contribution < -0.4 is 0 Å². The highest BCUT2D eigenvalue weighted by molar-refractivity contribution is 5.36. The van der Waals surface area contributed by atoms with Crippen molar-refractivity contribution in [2.45, 2.75) is 32.0 Å². The Hall–Kier alpha value is -2.08. The van der Waals surface area contributed by atoms with Gasteiger partial charge in [-0.05, 0) is 24.1 Å². The second-order valence-corrected chi connectivity index (χ2v) is 5.54. The Balaban J connectivity index is 2.24. The Morgan fingerprint density at radius 3 is 2.09 bits per heavy atom. The first kappa shape index (κ1) is 16.3. The van der Waals surface area contributed by atoms with E-state index in [1.165, 1.54) is 0 Å². The summed E-state index contributed by atoms with van der Waals surface area (Å²) in [5.41, 5.74) is 0.421. The lowest BCUT2D eigenvalue weighted by Gasteiger charge is -2.32. The standard InChI is InChI=1S/C20H22O2/c1-3-20(22,15-14-17-10-6-4-7-11-17)16(2)19(21)18-12-8-5-9-13-18/h4-13,16,19,21-22H,3H2,1-2H3/t16-,19-,20+/m0/s1. The minimum atomic E-state index is -1.23. The predicted molar refractivity (Wildman–Crippen MR) is 89.1 cm³/mol. The molecule has 2 rings (SSSR count). The molecule has 2 aromatic rings. The fourth-order valence-corrected chi connectivity index (χ4v) is 2.43. The maximum absolute atomic E-state index is 10.8. The zero-order chi connectivity index (χ0) is 16.0. The number of aliphatic hydroxyl groups excluding tert-OH is 1. The predicted octanol–water partition coefficient (Wildman–Crippen LogP) is 3.55. The molecular weight excluding hydrogens is 272 g/mol. The summed E-state index contributed by atoms with van der Waals surface area (Å²) in [6.07, 6.45) is -0.297. The summed E-state index contributed by atoms with van der Waals surface area (Å²) in [5, 5.41) is 21.4. The summed E-state index contributed by atoms with van der Waals surface area (Å²) in [4.78, 5) is 0. The van der Waals surface area contributed by atoms with Gasteiger partial charge >= 0.3 is 0 Å². The average Bonchev–Trinajstić information content (AvgIpc) is 2.60. The number of rotatable bonds is 4. The molecule has 0 aliphatic heterocycles. The quantitative estimate of drug-likeness (QED) is 0.847. The molecule has 2 N–H and O–H groups in total. The lowest BCUT2D eigenvalue weighted by molar-refractivity contribution is -0.0267. The van der Waals surface area contributed by atoms with Gasteiger partial charge in [-0.15, -0.1) is 0 Å². The van der Waals surface area contributed by atoms with Crippen molar-refractivity contribution in [1.29, 1.82) is 0 Å². The third kappa shape index (κ3) is 3.76. The molecule has 0 heterocycles. The number of hydrogen-bond acceptors (Lipinski definition) is 2. The van der Waals surface area contributed by atoms with Crippen LogP contribution >= 0.6 is 0 Å². The minimum Gasteiger partial charge on any atom is -0.388 e. The first-order chi connectivity index (χ1) is 10.6. The second kappa shape index (κ2) is 7.26. The van der Waals surface area contributed by atoms with Gasteiger partial charge in [-0.3, -0.25) is 0 Å². The van der Waals surface area contributed by atoms with E-state index in [1.54, 1.807) is 0 Å². The summed E-state index contributed by atoms with van der Waals surface area (Å²) in [6.45, 7) is 3.72. The van der Waals surface area contributed by atoms with E-state index in [9.17, 15) is 10.2 Å². The summed E-state index contributed by atoms with van der Waals surface area (Å²) in [6, 6.07) is 19.0. The molecule has 0 amide bonds. The zero-order valence-electron chi connectivity index (χ0n) is 13.0. The molecule has 0 radical (unpaired) electrons. The molecule has 0 spiro atoms. The van der Waals surface area contributed by atoms with E-state index in [0.29, 0.717) is 6.42 Å². The van der Waals surface area contributed by atoms with Gasteiger partial charge in [0.15, 0.2) is 0 Å². The van der Waals surface area contributed by atoms with Crippen molar-refractivity contribution in [3.8, 4) is 11.8 Å². The van der Waals surface area contributed by atoms with Crippen LogP contribution in [-0.2, 0) is 0 Å². The van der Waals surface area contributed by atoms with Crippen molar-refractivity contribution in [2.75, 3.05) is 0 Å². The fraction of sp³-hybridized carbons (Fsp3) is 0.300. The second-order valence-electron chi connectivity index (χ2n) is 5.54. The van der Waals surface area contributed by atoms with Gasteiger partial charge in [-0.1, -0.05) is 74.2 Å². The molecule has 0 aliphatic rings. The van der Waals surface area contributed by atoms with Crippen LogP contribution in [0.3, 0.4) is 0 Å². The first-order valence-corrected chi connectivity index (χ1v) is 7.60. The van der Waals surface area contributed by atoms with Gasteiger partial charge in [0.25, 0.3) is 0 Å². The van der Waals surface area contributed by atoms with Gasteiger partial charge in [0.1, 0.15) is 5.60 Å². The largest absolute Gasteiger partial charge is 0.388 e. The molecule has 0 saturated heterocycles. The molecule has 114 valence electrons. The number of benzene rings is 2. The molecule has 0 aliphatic carbocycles. The topological polar surface area (TPSA) is 40.5 Å². The SMILES string of the molecule is CC[C@@](O)(C#Cc1ccccc1)[C@@H](C)[C@H](O)c1ccccc1. The average molecular weight is 294 g/mol. The van der Waals surface area contributed by atoms with E-state index in [4.69, 9.17) is 0 Å². The lowest BCUT2D eigenvalue weighted by Crippen LogP contribution is -2.37. The first-order valence-electron chi connectivity index (χ1n) is 7.60. The molecule has 0 bridgehead atoms. The van der Waals surface area contributed by atoms with Crippen LogP contribution in [0.4, 0.5) is 0 Å². The molecule has 3 atom stereocenters. The van der Waals surface area contributed by atoms with E-state index in [0.717, 1.165) is 11.1 Å². The minimum absolute atomic E-state index is 0.392. The van der Waals surface area contributed by atoms with Crippen molar-refractivity contribution in [3.63, 3.8) is 0 Å². The summed E-state index contributed by atoms with van der Waals surface area (Å²) < 4.78 is 0. The van der Waals surface area contributed by atoms with Gasteiger partial charge in [-0.2, -0.15) is 0 Å². The Labute approximate surface area is 132 Å². The highest BCUT2D eigenvalue weighted by Gasteiger charge is 2.35. The fourth-order valence-electron chi connectivity index (χ4n) is 2.43. The zero-order valence-corrected chi connectivity index (χ0v) is 13.0. The third-order valence-electron chi connectivity index (χ3n) is 4.10. The van der Waals surface area contributed by atoms with Crippen LogP contribution in [0, 0.1) is 17.8 Å². The van der Waals surface area contributed by atoms with E-state index in [1.807, 2.05) is 74.5 Å². The van der Waals surface area contributed by atoms with Crippen LogP contribution in [0.25, 0.3) is 0 Å². The molecule has 2 aromatic carbocycles. The summed E-state index contributed by atoms with van der Waals surface area (Å²) in [5.74, 6) is 5.58. The molecule has 2 heteroatoms. The van der Waals surface area contributed by atoms with Crippen LogP contribution in [0.15, 0.2) is 60.7 Å². The third-order valence-corrected chi connectivity index (χ3v) is 4.10. The van der Waals surface area contributed by atoms with Crippen LogP contribution in [0.2, 0.25) is 0 Å². The van der Waals surface area contributed by atoms with Gasteiger partial charge in [0.05, 0.1) is 6.10 Å². The maximum atomic E-state index is 10.8. The molecule has 22 heavy (non-hydrogen) atoms. The monoisotopic (exact) mass is 294 g/mol. The smallest absolute Gasteiger partial charge is 0.130 e. The van der Waals surface area contributed by atoms with Crippen molar-refractivity contribution in [3.05, 3.63) is 71.8 Å². The number of aliphatic hydroxyl groups is 2.